The molecule has 11 heteroatoms. The Balaban J connectivity index is 1.55. The number of aromatic amines is 1. The topological polar surface area (TPSA) is 136 Å². The van der Waals surface area contributed by atoms with Gasteiger partial charge in [0.2, 0.25) is 0 Å². The van der Waals surface area contributed by atoms with Gasteiger partial charge in [-0.2, -0.15) is 0 Å². The molecule has 1 fully saturated rings. The van der Waals surface area contributed by atoms with Crippen LogP contribution in [-0.2, 0) is 13.8 Å². The van der Waals surface area contributed by atoms with Crippen LogP contribution < -0.4 is 16.3 Å². The van der Waals surface area contributed by atoms with E-state index in [1.54, 1.807) is 0 Å². The molecule has 0 radical (unpaired) electrons. The minimum absolute atomic E-state index is 0.111. The van der Waals surface area contributed by atoms with Gasteiger partial charge in [-0.1, -0.05) is 0 Å². The number of aromatic nitrogens is 3. The summed E-state index contributed by atoms with van der Waals surface area (Å²) in [4.78, 5) is 38.6. The van der Waals surface area contributed by atoms with Crippen LogP contribution in [0.2, 0.25) is 0 Å². The molecular formula is C14H17N4O6P. The molecule has 1 saturated heterocycles. The lowest BCUT2D eigenvalue weighted by Crippen LogP contribution is -2.31. The molecule has 0 bridgehead atoms. The largest absolute Gasteiger partial charge is 0.430 e. The molecule has 0 aromatic carbocycles. The van der Waals surface area contributed by atoms with Crippen LogP contribution in [0, 0.1) is 0 Å². The fraction of sp³-hybridized carbons (Fsp3) is 0.357. The zero-order valence-corrected chi connectivity index (χ0v) is 14.0. The highest BCUT2D eigenvalue weighted by Crippen LogP contribution is 2.42. The Morgan fingerprint density at radius 2 is 2.12 bits per heavy atom. The summed E-state index contributed by atoms with van der Waals surface area (Å²) in [5.74, 6) is 0. The van der Waals surface area contributed by atoms with Crippen LogP contribution in [0.3, 0.4) is 0 Å². The first-order valence-corrected chi connectivity index (χ1v) is 9.13. The van der Waals surface area contributed by atoms with Crippen molar-refractivity contribution in [2.75, 3.05) is 11.7 Å². The Hall–Kier alpha value is -2.26. The lowest BCUT2D eigenvalue weighted by Gasteiger charge is -2.18. The number of hydrogen-bond acceptors (Lipinski definition) is 6. The molecule has 2 aromatic rings. The van der Waals surface area contributed by atoms with E-state index in [1.165, 1.54) is 41.4 Å². The number of ether oxygens (including phenoxy) is 1. The van der Waals surface area contributed by atoms with Gasteiger partial charge in [0.15, 0.2) is 0 Å². The fourth-order valence-corrected chi connectivity index (χ4v) is 3.38. The van der Waals surface area contributed by atoms with Crippen molar-refractivity contribution >= 4 is 13.4 Å². The Labute approximate surface area is 142 Å². The quantitative estimate of drug-likeness (QED) is 0.638. The number of hydrogen-bond donors (Lipinski definition) is 3. The molecule has 3 rings (SSSR count). The minimum Gasteiger partial charge on any atom is -0.352 e. The number of H-pyrrole nitrogens is 1. The van der Waals surface area contributed by atoms with Crippen LogP contribution >= 0.6 is 7.75 Å². The summed E-state index contributed by atoms with van der Waals surface area (Å²) >= 11 is 0. The van der Waals surface area contributed by atoms with Crippen LogP contribution in [0.5, 0.6) is 0 Å². The molecule has 3 heterocycles. The van der Waals surface area contributed by atoms with Crippen molar-refractivity contribution in [3.8, 4) is 0 Å². The van der Waals surface area contributed by atoms with Gasteiger partial charge >= 0.3 is 13.4 Å². The van der Waals surface area contributed by atoms with Crippen molar-refractivity contribution in [2.45, 2.75) is 25.2 Å². The van der Waals surface area contributed by atoms with E-state index in [0.29, 0.717) is 18.5 Å². The summed E-state index contributed by atoms with van der Waals surface area (Å²) in [6.45, 7) is -0.111. The first-order valence-electron chi connectivity index (χ1n) is 7.55. The monoisotopic (exact) mass is 368 g/mol. The summed E-state index contributed by atoms with van der Waals surface area (Å²) in [7, 11) is -4.05. The average molecular weight is 368 g/mol. The van der Waals surface area contributed by atoms with Crippen LogP contribution in [0.1, 0.15) is 19.1 Å². The molecule has 1 unspecified atom stereocenters. The highest BCUT2D eigenvalue weighted by molar-refractivity contribution is 7.54. The van der Waals surface area contributed by atoms with Gasteiger partial charge < -0.3 is 9.63 Å². The van der Waals surface area contributed by atoms with Gasteiger partial charge in [-0.25, -0.2) is 9.36 Å². The SMILES string of the molecule is O=c1ccn([C@H]2CC[C@@H](COP(=O)(O)Nc3ccncc3)O2)c(=O)[nH]1. The third-order valence-corrected chi connectivity index (χ3v) is 4.67. The zero-order valence-electron chi connectivity index (χ0n) is 13.1. The van der Waals surface area contributed by atoms with Crippen molar-refractivity contribution < 1.29 is 18.7 Å². The Morgan fingerprint density at radius 3 is 2.84 bits per heavy atom. The second-order valence-corrected chi connectivity index (χ2v) is 6.99. The maximum Gasteiger partial charge on any atom is 0.430 e. The molecule has 3 N–H and O–H groups in total. The van der Waals surface area contributed by atoms with Gasteiger partial charge in [-0.05, 0) is 25.0 Å². The number of nitrogens with one attached hydrogen (secondary N) is 2. The van der Waals surface area contributed by atoms with Crippen molar-refractivity contribution in [3.05, 3.63) is 57.6 Å². The molecule has 134 valence electrons. The van der Waals surface area contributed by atoms with E-state index in [-0.39, 0.29) is 6.61 Å². The lowest BCUT2D eigenvalue weighted by molar-refractivity contribution is -0.0213. The third-order valence-electron chi connectivity index (χ3n) is 3.63. The van der Waals surface area contributed by atoms with E-state index >= 15 is 0 Å². The fourth-order valence-electron chi connectivity index (χ4n) is 2.47. The molecule has 0 spiro atoms. The molecule has 0 amide bonds. The van der Waals surface area contributed by atoms with Gasteiger partial charge in [-0.15, -0.1) is 0 Å². The molecule has 10 nitrogen and oxygen atoms in total. The van der Waals surface area contributed by atoms with Gasteiger partial charge in [0.05, 0.1) is 12.7 Å². The summed E-state index contributed by atoms with van der Waals surface area (Å²) in [5, 5.41) is 2.40. The van der Waals surface area contributed by atoms with E-state index in [2.05, 4.69) is 15.1 Å². The second-order valence-electron chi connectivity index (χ2n) is 5.47. The highest BCUT2D eigenvalue weighted by atomic mass is 31.2. The van der Waals surface area contributed by atoms with Crippen LogP contribution in [0.25, 0.3) is 0 Å². The van der Waals surface area contributed by atoms with E-state index < -0.39 is 31.3 Å². The summed E-state index contributed by atoms with van der Waals surface area (Å²) in [6.07, 6.45) is 4.40. The molecule has 3 atom stereocenters. The first kappa shape index (κ1) is 17.6. The molecule has 0 saturated carbocycles. The Morgan fingerprint density at radius 1 is 1.36 bits per heavy atom. The molecule has 0 aliphatic carbocycles. The van der Waals surface area contributed by atoms with E-state index in [0.717, 1.165) is 0 Å². The predicted molar refractivity (Wildman–Crippen MR) is 88.1 cm³/mol. The molecule has 1 aliphatic heterocycles. The summed E-state index contributed by atoms with van der Waals surface area (Å²) in [6, 6.07) is 4.31. The number of rotatable bonds is 6. The zero-order chi connectivity index (χ0) is 17.9. The maximum absolute atomic E-state index is 12.0. The highest BCUT2D eigenvalue weighted by Gasteiger charge is 2.30. The van der Waals surface area contributed by atoms with E-state index in [1.807, 2.05) is 0 Å². The van der Waals surface area contributed by atoms with Gasteiger partial charge in [-0.3, -0.25) is 28.9 Å². The summed E-state index contributed by atoms with van der Waals surface area (Å²) in [5.41, 5.74) is -0.639. The standard InChI is InChI=1S/C14H17N4O6P/c19-12-5-8-18(14(20)16-12)13-2-1-11(24-13)9-23-25(21,22)17-10-3-6-15-7-4-10/h3-8,11,13H,1-2,9H2,(H,16,19,20)(H2,15,17,21,22)/t11-,13+/m0/s1. The summed E-state index contributed by atoms with van der Waals surface area (Å²) < 4.78 is 24.0. The third kappa shape index (κ3) is 4.64. The normalized spacial score (nSPS) is 22.4. The lowest BCUT2D eigenvalue weighted by atomic mass is 10.2. The van der Waals surface area contributed by atoms with Crippen molar-refractivity contribution in [1.82, 2.24) is 14.5 Å². The Kier molecular flexibility index (Phi) is 5.14. The molecule has 1 aliphatic rings. The number of pyridine rings is 1. The number of anilines is 1. The van der Waals surface area contributed by atoms with Gasteiger partial charge in [0, 0.05) is 30.3 Å². The van der Waals surface area contributed by atoms with Gasteiger partial charge in [0.25, 0.3) is 5.56 Å². The maximum atomic E-state index is 12.0. The van der Waals surface area contributed by atoms with Crippen LogP contribution in [0.4, 0.5) is 5.69 Å². The Bertz CT molecular complexity index is 883. The predicted octanol–water partition coefficient (Wildman–Crippen LogP) is 0.838. The van der Waals surface area contributed by atoms with E-state index in [9.17, 15) is 19.0 Å². The van der Waals surface area contributed by atoms with Crippen LogP contribution in [0.15, 0.2) is 46.4 Å². The van der Waals surface area contributed by atoms with Crippen molar-refractivity contribution in [3.63, 3.8) is 0 Å². The van der Waals surface area contributed by atoms with Crippen molar-refractivity contribution in [1.29, 1.82) is 0 Å². The second kappa shape index (κ2) is 7.32. The van der Waals surface area contributed by atoms with E-state index in [4.69, 9.17) is 9.26 Å². The van der Waals surface area contributed by atoms with Crippen LogP contribution in [-0.4, -0.2) is 32.1 Å². The molecule has 25 heavy (non-hydrogen) atoms. The number of nitrogens with zero attached hydrogens (tertiary/aromatic N) is 2. The minimum atomic E-state index is -4.05. The smallest absolute Gasteiger partial charge is 0.352 e. The van der Waals surface area contributed by atoms with Gasteiger partial charge in [0.1, 0.15) is 6.23 Å². The first-order chi connectivity index (χ1) is 11.9. The average Bonchev–Trinajstić information content (AvgIpc) is 3.02. The van der Waals surface area contributed by atoms with Crippen molar-refractivity contribution in [2.24, 2.45) is 0 Å². The molecular weight excluding hydrogens is 351 g/mol. The molecule has 2 aromatic heterocycles.